The number of hydrogen-bond acceptors (Lipinski definition) is 2. The van der Waals surface area contributed by atoms with E-state index in [1.165, 1.54) is 0 Å². The van der Waals surface area contributed by atoms with Gasteiger partial charge in [0, 0.05) is 24.7 Å². The minimum atomic E-state index is -0.240. The van der Waals surface area contributed by atoms with Crippen LogP contribution in [-0.2, 0) is 9.59 Å². The van der Waals surface area contributed by atoms with Crippen LogP contribution in [0.3, 0.4) is 0 Å². The normalized spacial score (nSPS) is 19.1. The summed E-state index contributed by atoms with van der Waals surface area (Å²) in [6.07, 6.45) is 0.315. The lowest BCUT2D eigenvalue weighted by Gasteiger charge is -2.20. The minimum Gasteiger partial charge on any atom is -0.339 e. The van der Waals surface area contributed by atoms with Gasteiger partial charge in [-0.25, -0.2) is 0 Å². The van der Waals surface area contributed by atoms with Crippen molar-refractivity contribution in [1.29, 1.82) is 0 Å². The zero-order chi connectivity index (χ0) is 14.0. The van der Waals surface area contributed by atoms with Gasteiger partial charge >= 0.3 is 0 Å². The van der Waals surface area contributed by atoms with Crippen molar-refractivity contribution in [3.05, 3.63) is 29.8 Å². The molecular formula is C15H20N2O2. The van der Waals surface area contributed by atoms with Crippen molar-refractivity contribution in [2.75, 3.05) is 11.9 Å². The van der Waals surface area contributed by atoms with Crippen LogP contribution in [0.1, 0.15) is 25.8 Å². The molecule has 1 fully saturated rings. The van der Waals surface area contributed by atoms with Gasteiger partial charge in [0.25, 0.3) is 0 Å². The number of carbonyl (C=O) groups is 2. The molecule has 4 nitrogen and oxygen atoms in total. The first kappa shape index (κ1) is 13.6. The molecule has 4 heteroatoms. The Morgan fingerprint density at radius 1 is 1.42 bits per heavy atom. The second-order valence-electron chi connectivity index (χ2n) is 5.40. The Labute approximate surface area is 113 Å². The molecule has 1 aliphatic heterocycles. The summed E-state index contributed by atoms with van der Waals surface area (Å²) in [6.45, 7) is 6.45. The highest BCUT2D eigenvalue weighted by Crippen LogP contribution is 2.22. The van der Waals surface area contributed by atoms with Crippen LogP contribution in [0.15, 0.2) is 24.3 Å². The van der Waals surface area contributed by atoms with E-state index in [0.717, 1.165) is 11.3 Å². The second-order valence-corrected chi connectivity index (χ2v) is 5.40. The summed E-state index contributed by atoms with van der Waals surface area (Å²) in [6, 6.07) is 7.83. The zero-order valence-electron chi connectivity index (χ0n) is 11.6. The van der Waals surface area contributed by atoms with Crippen LogP contribution in [-0.4, -0.2) is 29.3 Å². The van der Waals surface area contributed by atoms with Crippen molar-refractivity contribution >= 4 is 17.5 Å². The molecule has 1 heterocycles. The topological polar surface area (TPSA) is 49.4 Å². The van der Waals surface area contributed by atoms with Gasteiger partial charge in [-0.15, -0.1) is 0 Å². The molecule has 1 aromatic carbocycles. The number of likely N-dealkylation sites (tertiary alicyclic amines) is 1. The van der Waals surface area contributed by atoms with E-state index >= 15 is 0 Å². The van der Waals surface area contributed by atoms with E-state index in [4.69, 9.17) is 0 Å². The molecule has 1 aromatic rings. The minimum absolute atomic E-state index is 0.0675. The maximum Gasteiger partial charge on any atom is 0.229 e. The average molecular weight is 260 g/mol. The van der Waals surface area contributed by atoms with Crippen molar-refractivity contribution < 1.29 is 9.59 Å². The third kappa shape index (κ3) is 3.13. The van der Waals surface area contributed by atoms with Gasteiger partial charge in [0.1, 0.15) is 0 Å². The number of carbonyl (C=O) groups excluding carboxylic acids is 2. The lowest BCUT2D eigenvalue weighted by Crippen LogP contribution is -2.33. The highest BCUT2D eigenvalue weighted by atomic mass is 16.2. The molecule has 0 aromatic heterocycles. The van der Waals surface area contributed by atoms with E-state index < -0.39 is 0 Å². The maximum absolute atomic E-state index is 12.1. The first-order chi connectivity index (χ1) is 8.97. The molecule has 1 saturated heterocycles. The van der Waals surface area contributed by atoms with Gasteiger partial charge in [0.05, 0.1) is 5.92 Å². The summed E-state index contributed by atoms with van der Waals surface area (Å²) in [5.74, 6) is -0.239. The number of rotatable bonds is 3. The summed E-state index contributed by atoms with van der Waals surface area (Å²) >= 11 is 0. The van der Waals surface area contributed by atoms with E-state index in [0.29, 0.717) is 13.0 Å². The quantitative estimate of drug-likeness (QED) is 0.905. The molecule has 2 amide bonds. The van der Waals surface area contributed by atoms with E-state index in [1.807, 2.05) is 45.0 Å². The molecule has 1 aliphatic rings. The van der Waals surface area contributed by atoms with Crippen LogP contribution in [0.5, 0.6) is 0 Å². The van der Waals surface area contributed by atoms with Gasteiger partial charge in [-0.05, 0) is 38.5 Å². The Bertz CT molecular complexity index is 497. The summed E-state index contributed by atoms with van der Waals surface area (Å²) in [5, 5.41) is 2.89. The lowest BCUT2D eigenvalue weighted by atomic mass is 10.1. The molecule has 0 spiro atoms. The Balaban J connectivity index is 2.00. The first-order valence-electron chi connectivity index (χ1n) is 6.64. The van der Waals surface area contributed by atoms with E-state index in [-0.39, 0.29) is 23.8 Å². The van der Waals surface area contributed by atoms with Crippen molar-refractivity contribution in [3.63, 3.8) is 0 Å². The van der Waals surface area contributed by atoms with Gasteiger partial charge in [0.2, 0.25) is 11.8 Å². The standard InChI is InChI=1S/C15H20N2O2/c1-10(2)17-9-12(8-14(17)18)15(19)16-13-6-4-5-11(3)7-13/h4-7,10,12H,8-9H2,1-3H3,(H,16,19). The Morgan fingerprint density at radius 2 is 2.16 bits per heavy atom. The molecule has 1 unspecified atom stereocenters. The number of amides is 2. The van der Waals surface area contributed by atoms with Crippen molar-refractivity contribution in [2.24, 2.45) is 5.92 Å². The highest BCUT2D eigenvalue weighted by Gasteiger charge is 2.35. The summed E-state index contributed by atoms with van der Waals surface area (Å²) in [7, 11) is 0. The number of nitrogens with zero attached hydrogens (tertiary/aromatic N) is 1. The molecular weight excluding hydrogens is 240 g/mol. The molecule has 102 valence electrons. The van der Waals surface area contributed by atoms with Crippen molar-refractivity contribution in [3.8, 4) is 0 Å². The fraction of sp³-hybridized carbons (Fsp3) is 0.467. The second kappa shape index (κ2) is 5.43. The lowest BCUT2D eigenvalue weighted by molar-refractivity contribution is -0.129. The van der Waals surface area contributed by atoms with Crippen LogP contribution < -0.4 is 5.32 Å². The molecule has 0 bridgehead atoms. The number of aryl methyl sites for hydroxylation is 1. The fourth-order valence-corrected chi connectivity index (χ4v) is 2.37. The van der Waals surface area contributed by atoms with E-state index in [2.05, 4.69) is 5.32 Å². The average Bonchev–Trinajstić information content (AvgIpc) is 2.71. The Morgan fingerprint density at radius 3 is 2.74 bits per heavy atom. The number of nitrogens with one attached hydrogen (secondary N) is 1. The molecule has 0 aliphatic carbocycles. The van der Waals surface area contributed by atoms with Gasteiger partial charge < -0.3 is 10.2 Å². The van der Waals surface area contributed by atoms with Crippen LogP contribution in [0.25, 0.3) is 0 Å². The third-order valence-corrected chi connectivity index (χ3v) is 3.44. The summed E-state index contributed by atoms with van der Waals surface area (Å²) < 4.78 is 0. The largest absolute Gasteiger partial charge is 0.339 e. The SMILES string of the molecule is Cc1cccc(NC(=O)C2CC(=O)N(C(C)C)C2)c1. The molecule has 1 atom stereocenters. The third-order valence-electron chi connectivity index (χ3n) is 3.44. The molecule has 0 saturated carbocycles. The Hall–Kier alpha value is -1.84. The number of hydrogen-bond donors (Lipinski definition) is 1. The molecule has 0 radical (unpaired) electrons. The van der Waals surface area contributed by atoms with E-state index in [1.54, 1.807) is 4.90 Å². The van der Waals surface area contributed by atoms with Gasteiger partial charge in [-0.3, -0.25) is 9.59 Å². The smallest absolute Gasteiger partial charge is 0.229 e. The summed E-state index contributed by atoms with van der Waals surface area (Å²) in [4.78, 5) is 25.7. The number of anilines is 1. The van der Waals surface area contributed by atoms with Gasteiger partial charge in [0.15, 0.2) is 0 Å². The molecule has 2 rings (SSSR count). The number of benzene rings is 1. The fourth-order valence-electron chi connectivity index (χ4n) is 2.37. The van der Waals surface area contributed by atoms with Crippen molar-refractivity contribution in [1.82, 2.24) is 4.90 Å². The van der Waals surface area contributed by atoms with Crippen LogP contribution in [0.4, 0.5) is 5.69 Å². The first-order valence-corrected chi connectivity index (χ1v) is 6.64. The van der Waals surface area contributed by atoms with Gasteiger partial charge in [-0.2, -0.15) is 0 Å². The van der Waals surface area contributed by atoms with Crippen LogP contribution in [0.2, 0.25) is 0 Å². The predicted molar refractivity (Wildman–Crippen MR) is 74.8 cm³/mol. The monoisotopic (exact) mass is 260 g/mol. The van der Waals surface area contributed by atoms with Gasteiger partial charge in [-0.1, -0.05) is 12.1 Å². The predicted octanol–water partition coefficient (Wildman–Crippen LogP) is 2.19. The maximum atomic E-state index is 12.1. The molecule has 19 heavy (non-hydrogen) atoms. The Kier molecular flexibility index (Phi) is 3.88. The highest BCUT2D eigenvalue weighted by molar-refractivity contribution is 5.97. The zero-order valence-corrected chi connectivity index (χ0v) is 11.6. The van der Waals surface area contributed by atoms with Crippen molar-refractivity contribution in [2.45, 2.75) is 33.2 Å². The summed E-state index contributed by atoms with van der Waals surface area (Å²) in [5.41, 5.74) is 1.89. The van der Waals surface area contributed by atoms with E-state index in [9.17, 15) is 9.59 Å². The van der Waals surface area contributed by atoms with Crippen LogP contribution in [0, 0.1) is 12.8 Å². The van der Waals surface area contributed by atoms with Crippen LogP contribution >= 0.6 is 0 Å². The molecule has 1 N–H and O–H groups in total.